The number of carbonyl (C=O) groups excluding carboxylic acids is 2. The minimum absolute atomic E-state index is 0.287. The molecule has 26 heavy (non-hydrogen) atoms. The topological polar surface area (TPSA) is 52.6 Å². The van der Waals surface area contributed by atoms with Crippen LogP contribution in [0.5, 0.6) is 11.5 Å². The maximum Gasteiger partial charge on any atom is 0.343 e. The van der Waals surface area contributed by atoms with Crippen molar-refractivity contribution in [2.75, 3.05) is 6.61 Å². The van der Waals surface area contributed by atoms with E-state index in [1.165, 1.54) is 0 Å². The fourth-order valence-electron chi connectivity index (χ4n) is 2.54. The Hall–Kier alpha value is -3.40. The van der Waals surface area contributed by atoms with E-state index in [1.54, 1.807) is 30.3 Å². The molecular formula is C22H18O4. The summed E-state index contributed by atoms with van der Waals surface area (Å²) in [5.41, 5.74) is 3.00. The van der Waals surface area contributed by atoms with Crippen molar-refractivity contribution in [3.63, 3.8) is 0 Å². The molecule has 0 aliphatic rings. The van der Waals surface area contributed by atoms with Gasteiger partial charge >= 0.3 is 5.97 Å². The molecule has 130 valence electrons. The Morgan fingerprint density at radius 2 is 1.58 bits per heavy atom. The number of hydrogen-bond acceptors (Lipinski definition) is 4. The van der Waals surface area contributed by atoms with Crippen LogP contribution in [0.2, 0.25) is 0 Å². The second-order valence-corrected chi connectivity index (χ2v) is 5.59. The zero-order valence-electron chi connectivity index (χ0n) is 14.3. The van der Waals surface area contributed by atoms with E-state index >= 15 is 0 Å². The Bertz CT molecular complexity index is 899. The molecule has 0 N–H and O–H groups in total. The molecule has 3 aromatic rings. The van der Waals surface area contributed by atoms with E-state index in [0.29, 0.717) is 23.5 Å². The van der Waals surface area contributed by atoms with Crippen LogP contribution in [0.1, 0.15) is 27.6 Å². The first-order valence-electron chi connectivity index (χ1n) is 8.31. The van der Waals surface area contributed by atoms with Crippen LogP contribution in [0.3, 0.4) is 0 Å². The summed E-state index contributed by atoms with van der Waals surface area (Å²) >= 11 is 0. The molecule has 0 radical (unpaired) electrons. The lowest BCUT2D eigenvalue weighted by atomic mass is 10.0. The first-order valence-corrected chi connectivity index (χ1v) is 8.31. The van der Waals surface area contributed by atoms with E-state index < -0.39 is 5.97 Å². The largest absolute Gasteiger partial charge is 0.490 e. The maximum absolute atomic E-state index is 12.4. The Morgan fingerprint density at radius 1 is 0.885 bits per heavy atom. The number of aldehydes is 1. The van der Waals surface area contributed by atoms with Crippen LogP contribution >= 0.6 is 0 Å². The quantitative estimate of drug-likeness (QED) is 0.366. The predicted molar refractivity (Wildman–Crippen MR) is 99.8 cm³/mol. The number of esters is 1. The molecule has 0 aliphatic carbocycles. The molecule has 0 aromatic heterocycles. The second-order valence-electron chi connectivity index (χ2n) is 5.59. The van der Waals surface area contributed by atoms with Gasteiger partial charge in [0.2, 0.25) is 0 Å². The van der Waals surface area contributed by atoms with Crippen molar-refractivity contribution in [1.29, 1.82) is 0 Å². The first kappa shape index (κ1) is 17.4. The van der Waals surface area contributed by atoms with Gasteiger partial charge in [0.05, 0.1) is 12.2 Å². The summed E-state index contributed by atoms with van der Waals surface area (Å²) in [4.78, 5) is 23.3. The fourth-order valence-corrected chi connectivity index (χ4v) is 2.54. The van der Waals surface area contributed by atoms with Crippen LogP contribution in [-0.4, -0.2) is 18.9 Å². The highest BCUT2D eigenvalue weighted by molar-refractivity contribution is 5.92. The Kier molecular flexibility index (Phi) is 5.44. The van der Waals surface area contributed by atoms with E-state index in [0.717, 1.165) is 17.4 Å². The van der Waals surface area contributed by atoms with Crippen molar-refractivity contribution in [3.8, 4) is 22.6 Å². The monoisotopic (exact) mass is 346 g/mol. The Morgan fingerprint density at radius 3 is 2.23 bits per heavy atom. The van der Waals surface area contributed by atoms with Crippen LogP contribution in [-0.2, 0) is 0 Å². The Labute approximate surface area is 152 Å². The molecule has 0 unspecified atom stereocenters. The standard InChI is InChI=1S/C22H18O4/c1-2-25-21-14-16(15-23)8-13-20(21)26-22(24)19-11-9-18(10-12-19)17-6-4-3-5-7-17/h3-15H,2H2,1H3. The number of hydrogen-bond donors (Lipinski definition) is 0. The van der Waals surface area contributed by atoms with Crippen molar-refractivity contribution in [1.82, 2.24) is 0 Å². The van der Waals surface area contributed by atoms with Gasteiger partial charge in [-0.1, -0.05) is 42.5 Å². The average molecular weight is 346 g/mol. The van der Waals surface area contributed by atoms with Gasteiger partial charge in [-0.05, 0) is 48.4 Å². The van der Waals surface area contributed by atoms with Crippen LogP contribution in [0.25, 0.3) is 11.1 Å². The van der Waals surface area contributed by atoms with E-state index in [4.69, 9.17) is 9.47 Å². The van der Waals surface area contributed by atoms with Gasteiger partial charge in [0.15, 0.2) is 11.5 Å². The summed E-state index contributed by atoms with van der Waals surface area (Å²) < 4.78 is 10.9. The van der Waals surface area contributed by atoms with Gasteiger partial charge in [0, 0.05) is 5.56 Å². The van der Waals surface area contributed by atoms with Crippen LogP contribution < -0.4 is 9.47 Å². The summed E-state index contributed by atoms with van der Waals surface area (Å²) in [6.45, 7) is 2.22. The molecule has 0 saturated heterocycles. The van der Waals surface area contributed by atoms with Crippen molar-refractivity contribution in [3.05, 3.63) is 83.9 Å². The summed E-state index contributed by atoms with van der Waals surface area (Å²) in [7, 11) is 0. The molecule has 0 bridgehead atoms. The number of benzene rings is 3. The number of ether oxygens (including phenoxy) is 2. The van der Waals surface area contributed by atoms with Crippen LogP contribution in [0, 0.1) is 0 Å². The lowest BCUT2D eigenvalue weighted by Gasteiger charge is -2.11. The van der Waals surface area contributed by atoms with E-state index in [9.17, 15) is 9.59 Å². The van der Waals surface area contributed by atoms with Gasteiger partial charge in [-0.15, -0.1) is 0 Å². The smallest absolute Gasteiger partial charge is 0.343 e. The number of carbonyl (C=O) groups is 2. The highest BCUT2D eigenvalue weighted by atomic mass is 16.6. The molecule has 0 saturated carbocycles. The van der Waals surface area contributed by atoms with Gasteiger partial charge in [-0.2, -0.15) is 0 Å². The molecule has 0 aliphatic heterocycles. The minimum atomic E-state index is -0.482. The Balaban J connectivity index is 1.79. The lowest BCUT2D eigenvalue weighted by molar-refractivity contribution is 0.0728. The highest BCUT2D eigenvalue weighted by Crippen LogP contribution is 2.29. The molecule has 3 aromatic carbocycles. The summed E-state index contributed by atoms with van der Waals surface area (Å²) in [6.07, 6.45) is 0.719. The van der Waals surface area contributed by atoms with Crippen LogP contribution in [0.4, 0.5) is 0 Å². The zero-order chi connectivity index (χ0) is 18.4. The molecule has 0 amide bonds. The molecule has 0 heterocycles. The van der Waals surface area contributed by atoms with Crippen molar-refractivity contribution in [2.45, 2.75) is 6.92 Å². The molecule has 3 rings (SSSR count). The molecule has 4 nitrogen and oxygen atoms in total. The van der Waals surface area contributed by atoms with Gasteiger partial charge in [-0.3, -0.25) is 4.79 Å². The fraction of sp³-hybridized carbons (Fsp3) is 0.0909. The zero-order valence-corrected chi connectivity index (χ0v) is 14.3. The molecule has 0 atom stereocenters. The van der Waals surface area contributed by atoms with Crippen molar-refractivity contribution >= 4 is 12.3 Å². The van der Waals surface area contributed by atoms with Gasteiger partial charge < -0.3 is 9.47 Å². The first-order chi connectivity index (χ1) is 12.7. The van der Waals surface area contributed by atoms with Crippen LogP contribution in [0.15, 0.2) is 72.8 Å². The third kappa shape index (κ3) is 3.98. The van der Waals surface area contributed by atoms with E-state index in [1.807, 2.05) is 49.4 Å². The third-order valence-electron chi connectivity index (χ3n) is 3.83. The predicted octanol–water partition coefficient (Wildman–Crippen LogP) is 4.78. The number of rotatable bonds is 6. The third-order valence-corrected chi connectivity index (χ3v) is 3.83. The SMILES string of the molecule is CCOc1cc(C=O)ccc1OC(=O)c1ccc(-c2ccccc2)cc1. The molecular weight excluding hydrogens is 328 g/mol. The normalized spacial score (nSPS) is 10.2. The summed E-state index contributed by atoms with van der Waals surface area (Å²) in [5, 5.41) is 0. The van der Waals surface area contributed by atoms with Crippen molar-refractivity contribution in [2.24, 2.45) is 0 Å². The average Bonchev–Trinajstić information content (AvgIpc) is 2.70. The molecule has 4 heteroatoms. The molecule has 0 fully saturated rings. The summed E-state index contributed by atoms with van der Waals surface area (Å²) in [5.74, 6) is 0.172. The van der Waals surface area contributed by atoms with E-state index in [2.05, 4.69) is 0 Å². The second kappa shape index (κ2) is 8.12. The summed E-state index contributed by atoms with van der Waals surface area (Å²) in [6, 6.07) is 21.8. The van der Waals surface area contributed by atoms with E-state index in [-0.39, 0.29) is 5.75 Å². The van der Waals surface area contributed by atoms with Gasteiger partial charge in [0.1, 0.15) is 6.29 Å². The van der Waals surface area contributed by atoms with Gasteiger partial charge in [0.25, 0.3) is 0 Å². The lowest BCUT2D eigenvalue weighted by Crippen LogP contribution is -2.09. The van der Waals surface area contributed by atoms with Gasteiger partial charge in [-0.25, -0.2) is 4.79 Å². The molecule has 0 spiro atoms. The minimum Gasteiger partial charge on any atom is -0.490 e. The maximum atomic E-state index is 12.4. The van der Waals surface area contributed by atoms with Crippen molar-refractivity contribution < 1.29 is 19.1 Å². The highest BCUT2D eigenvalue weighted by Gasteiger charge is 2.13.